The van der Waals surface area contributed by atoms with E-state index in [0.717, 1.165) is 56.6 Å². The van der Waals surface area contributed by atoms with Gasteiger partial charge in [-0.25, -0.2) is 0 Å². The average Bonchev–Trinajstić information content (AvgIpc) is 2.63. The lowest BCUT2D eigenvalue weighted by Crippen LogP contribution is -2.52. The molecule has 7 heteroatoms. The molecule has 1 saturated carbocycles. The lowest BCUT2D eigenvalue weighted by atomic mass is 9.74. The molecule has 1 aliphatic rings. The van der Waals surface area contributed by atoms with Crippen LogP contribution in [0, 0.1) is 5.92 Å². The lowest BCUT2D eigenvalue weighted by Gasteiger charge is -2.37. The third-order valence-electron chi connectivity index (χ3n) is 5.56. The Morgan fingerprint density at radius 2 is 1.93 bits per heavy atom. The fraction of sp³-hybridized carbons (Fsp3) is 0.667. The molecule has 1 aliphatic carbocycles. The molecule has 2 unspecified atom stereocenters. The van der Waals surface area contributed by atoms with Crippen molar-refractivity contribution in [3.63, 3.8) is 0 Å². The zero-order valence-corrected chi connectivity index (χ0v) is 19.0. The van der Waals surface area contributed by atoms with Crippen molar-refractivity contribution in [1.82, 2.24) is 10.2 Å². The monoisotopic (exact) mass is 433 g/mol. The Labute approximate surface area is 182 Å². The molecule has 0 aliphatic heterocycles. The number of para-hydroxylation sites is 1. The highest BCUT2D eigenvalue weighted by Gasteiger charge is 2.37. The first kappa shape index (κ1) is 27.0. The number of benzene rings is 1. The van der Waals surface area contributed by atoms with E-state index < -0.39 is 5.54 Å². The van der Waals surface area contributed by atoms with E-state index in [2.05, 4.69) is 24.1 Å². The zero-order chi connectivity index (χ0) is 19.0. The van der Waals surface area contributed by atoms with Crippen LogP contribution in [-0.2, 0) is 11.3 Å². The highest BCUT2D eigenvalue weighted by atomic mass is 35.5. The minimum absolute atomic E-state index is 0. The zero-order valence-electron chi connectivity index (χ0n) is 17.4. The minimum atomic E-state index is -0.401. The van der Waals surface area contributed by atoms with Crippen LogP contribution in [0.4, 0.5) is 0 Å². The summed E-state index contributed by atoms with van der Waals surface area (Å²) < 4.78 is 5.97. The van der Waals surface area contributed by atoms with Crippen molar-refractivity contribution < 1.29 is 9.53 Å². The summed E-state index contributed by atoms with van der Waals surface area (Å²) in [6, 6.07) is 7.93. The van der Waals surface area contributed by atoms with Crippen LogP contribution in [0.15, 0.2) is 24.3 Å². The minimum Gasteiger partial charge on any atom is -0.492 e. The highest BCUT2D eigenvalue weighted by molar-refractivity contribution is 5.85. The van der Waals surface area contributed by atoms with Crippen molar-refractivity contribution in [2.45, 2.75) is 58.5 Å². The van der Waals surface area contributed by atoms with Gasteiger partial charge in [0.1, 0.15) is 12.4 Å². The van der Waals surface area contributed by atoms with E-state index in [9.17, 15) is 4.79 Å². The fourth-order valence-electron chi connectivity index (χ4n) is 3.71. The average molecular weight is 434 g/mol. The number of carbonyl (C=O) groups is 1. The molecule has 0 bridgehead atoms. The van der Waals surface area contributed by atoms with E-state index in [4.69, 9.17) is 10.5 Å². The quantitative estimate of drug-likeness (QED) is 0.621. The van der Waals surface area contributed by atoms with Gasteiger partial charge in [0.2, 0.25) is 5.91 Å². The van der Waals surface area contributed by atoms with Crippen LogP contribution in [-0.4, -0.2) is 42.6 Å². The summed E-state index contributed by atoms with van der Waals surface area (Å²) in [4.78, 5) is 15.0. The van der Waals surface area contributed by atoms with Crippen LogP contribution in [0.3, 0.4) is 0 Å². The number of halogens is 2. The first-order chi connectivity index (χ1) is 12.5. The molecule has 0 heterocycles. The molecule has 2 rings (SSSR count). The number of amides is 1. The van der Waals surface area contributed by atoms with Gasteiger partial charge < -0.3 is 20.7 Å². The van der Waals surface area contributed by atoms with Crippen LogP contribution in [0.25, 0.3) is 0 Å². The third kappa shape index (κ3) is 7.78. The summed E-state index contributed by atoms with van der Waals surface area (Å²) >= 11 is 0. The largest absolute Gasteiger partial charge is 0.492 e. The van der Waals surface area contributed by atoms with Gasteiger partial charge >= 0.3 is 0 Å². The Bertz CT molecular complexity index is 581. The molecule has 0 radical (unpaired) electrons. The number of hydrogen-bond donors (Lipinski definition) is 2. The molecule has 0 saturated heterocycles. The predicted molar refractivity (Wildman–Crippen MR) is 121 cm³/mol. The number of likely N-dealkylation sites (N-methyl/N-ethyl adjacent to an activating group) is 1. The summed E-state index contributed by atoms with van der Waals surface area (Å²) in [6.45, 7) is 10.4. The second-order valence-electron chi connectivity index (χ2n) is 7.51. The Morgan fingerprint density at radius 3 is 2.57 bits per heavy atom. The molecule has 1 fully saturated rings. The lowest BCUT2D eigenvalue weighted by molar-refractivity contribution is -0.128. The molecule has 162 valence electrons. The maximum absolute atomic E-state index is 12.6. The summed E-state index contributed by atoms with van der Waals surface area (Å²) in [6.07, 6.45) is 3.98. The molecule has 1 aromatic carbocycles. The maximum atomic E-state index is 12.6. The first-order valence-electron chi connectivity index (χ1n) is 9.97. The summed E-state index contributed by atoms with van der Waals surface area (Å²) in [5.41, 5.74) is 6.96. The fourth-order valence-corrected chi connectivity index (χ4v) is 3.71. The Morgan fingerprint density at radius 1 is 1.25 bits per heavy atom. The van der Waals surface area contributed by atoms with Gasteiger partial charge in [-0.2, -0.15) is 0 Å². The van der Waals surface area contributed by atoms with Gasteiger partial charge in [-0.05, 0) is 38.9 Å². The van der Waals surface area contributed by atoms with Gasteiger partial charge in [0.05, 0.1) is 5.92 Å². The summed E-state index contributed by atoms with van der Waals surface area (Å²) in [5.74, 6) is 0.804. The summed E-state index contributed by atoms with van der Waals surface area (Å²) in [7, 11) is 0. The van der Waals surface area contributed by atoms with E-state index >= 15 is 0 Å². The van der Waals surface area contributed by atoms with Crippen LogP contribution in [0.1, 0.15) is 52.0 Å². The number of rotatable bonds is 9. The van der Waals surface area contributed by atoms with Gasteiger partial charge in [-0.3, -0.25) is 4.79 Å². The maximum Gasteiger partial charge on any atom is 0.225 e. The van der Waals surface area contributed by atoms with Crippen molar-refractivity contribution in [1.29, 1.82) is 0 Å². The van der Waals surface area contributed by atoms with Crippen LogP contribution in [0.2, 0.25) is 0 Å². The van der Waals surface area contributed by atoms with Crippen molar-refractivity contribution in [2.75, 3.05) is 26.2 Å². The molecular weight excluding hydrogens is 397 g/mol. The third-order valence-corrected chi connectivity index (χ3v) is 5.56. The Kier molecular flexibility index (Phi) is 12.8. The molecule has 0 aromatic heterocycles. The van der Waals surface area contributed by atoms with Gasteiger partial charge in [-0.15, -0.1) is 24.8 Å². The smallest absolute Gasteiger partial charge is 0.225 e. The molecule has 28 heavy (non-hydrogen) atoms. The van der Waals surface area contributed by atoms with Crippen molar-refractivity contribution >= 4 is 30.7 Å². The number of nitrogens with zero attached hydrogens (tertiary/aromatic N) is 1. The van der Waals surface area contributed by atoms with Gasteiger partial charge in [0, 0.05) is 24.2 Å². The van der Waals surface area contributed by atoms with Crippen molar-refractivity contribution in [3.05, 3.63) is 29.8 Å². The summed E-state index contributed by atoms with van der Waals surface area (Å²) in [5, 5.41) is 3.08. The Hall–Kier alpha value is -1.01. The van der Waals surface area contributed by atoms with Crippen LogP contribution >= 0.6 is 24.8 Å². The van der Waals surface area contributed by atoms with Gasteiger partial charge in [-0.1, -0.05) is 44.9 Å². The second kappa shape index (κ2) is 13.3. The number of hydrogen-bond acceptors (Lipinski definition) is 4. The van der Waals surface area contributed by atoms with E-state index in [1.807, 2.05) is 31.2 Å². The number of nitrogens with one attached hydrogen (secondary N) is 1. The number of ether oxygens (including phenoxy) is 1. The second-order valence-corrected chi connectivity index (χ2v) is 7.51. The molecule has 1 aromatic rings. The standard InChI is InChI=1S/C21H35N3O2.2ClH/c1-4-24(5-2)14-15-26-19-12-7-6-10-17(19)16-23-20(25)18-11-8-9-13-21(18,3)22;;/h6-7,10,12,18H,4-5,8-9,11,13-16,22H2,1-3H3,(H,23,25);2*1H. The van der Waals surface area contributed by atoms with E-state index in [1.54, 1.807) is 0 Å². The van der Waals surface area contributed by atoms with Crippen molar-refractivity contribution in [3.8, 4) is 5.75 Å². The molecule has 2 atom stereocenters. The number of carbonyl (C=O) groups excluding carboxylic acids is 1. The molecular formula is C21H37Cl2N3O2. The molecule has 1 amide bonds. The molecule has 3 N–H and O–H groups in total. The van der Waals surface area contributed by atoms with Crippen LogP contribution < -0.4 is 15.8 Å². The van der Waals surface area contributed by atoms with E-state index in [-0.39, 0.29) is 36.6 Å². The first-order valence-corrected chi connectivity index (χ1v) is 9.97. The SMILES string of the molecule is CCN(CC)CCOc1ccccc1CNC(=O)C1CCCCC1(C)N.Cl.Cl. The highest BCUT2D eigenvalue weighted by Crippen LogP contribution is 2.31. The topological polar surface area (TPSA) is 67.6 Å². The molecule has 5 nitrogen and oxygen atoms in total. The van der Waals surface area contributed by atoms with Gasteiger partial charge in [0.15, 0.2) is 0 Å². The van der Waals surface area contributed by atoms with E-state index in [0.29, 0.717) is 13.2 Å². The predicted octanol–water partition coefficient (Wildman–Crippen LogP) is 3.77. The van der Waals surface area contributed by atoms with Crippen LogP contribution in [0.5, 0.6) is 5.75 Å². The Balaban J connectivity index is 0.00000364. The van der Waals surface area contributed by atoms with Crippen molar-refractivity contribution in [2.24, 2.45) is 11.7 Å². The van der Waals surface area contributed by atoms with E-state index in [1.165, 1.54) is 0 Å². The molecule has 0 spiro atoms. The van der Waals surface area contributed by atoms with Gasteiger partial charge in [0.25, 0.3) is 0 Å². The normalized spacial score (nSPS) is 21.4. The number of nitrogens with two attached hydrogens (primary N) is 1.